The van der Waals surface area contributed by atoms with Crippen molar-refractivity contribution in [3.05, 3.63) is 12.2 Å². The predicted octanol–water partition coefficient (Wildman–Crippen LogP) is 2.11. The van der Waals surface area contributed by atoms with E-state index < -0.39 is 0 Å². The van der Waals surface area contributed by atoms with Crippen LogP contribution in [0.2, 0.25) is 0 Å². The van der Waals surface area contributed by atoms with Gasteiger partial charge in [0.25, 0.3) is 0 Å². The van der Waals surface area contributed by atoms with Gasteiger partial charge < -0.3 is 5.32 Å². The third kappa shape index (κ3) is 3.56. The molecule has 0 aliphatic rings. The van der Waals surface area contributed by atoms with Crippen LogP contribution < -0.4 is 5.32 Å². The summed E-state index contributed by atoms with van der Waals surface area (Å²) in [7, 11) is 1.67. The number of amides is 1. The Labute approximate surface area is 75.0 Å². The monoisotopic (exact) mass is 169 g/mol. The molecule has 0 fully saturated rings. The van der Waals surface area contributed by atoms with Crippen LogP contribution in [0, 0.1) is 5.41 Å². The highest BCUT2D eigenvalue weighted by molar-refractivity contribution is 5.81. The zero-order chi connectivity index (χ0) is 9.61. The molecule has 0 saturated heterocycles. The summed E-state index contributed by atoms with van der Waals surface area (Å²) in [6, 6.07) is 0. The van der Waals surface area contributed by atoms with Crippen molar-refractivity contribution in [3.63, 3.8) is 0 Å². The first-order valence-electron chi connectivity index (χ1n) is 4.41. The summed E-state index contributed by atoms with van der Waals surface area (Å²) < 4.78 is 0. The second-order valence-corrected chi connectivity index (χ2v) is 3.55. The molecule has 2 nitrogen and oxygen atoms in total. The molecule has 0 saturated carbocycles. The number of rotatable bonds is 4. The van der Waals surface area contributed by atoms with Crippen molar-refractivity contribution in [2.75, 3.05) is 7.05 Å². The van der Waals surface area contributed by atoms with Crippen LogP contribution in [-0.2, 0) is 4.79 Å². The maximum absolute atomic E-state index is 11.3. The van der Waals surface area contributed by atoms with Gasteiger partial charge in [0.2, 0.25) is 5.91 Å². The number of carbonyl (C=O) groups excluding carboxylic acids is 1. The largest absolute Gasteiger partial charge is 0.359 e. The van der Waals surface area contributed by atoms with Gasteiger partial charge in [0.15, 0.2) is 0 Å². The summed E-state index contributed by atoms with van der Waals surface area (Å²) in [4.78, 5) is 11.3. The van der Waals surface area contributed by atoms with Gasteiger partial charge in [0.1, 0.15) is 0 Å². The summed E-state index contributed by atoms with van der Waals surface area (Å²) in [6.45, 7) is 5.99. The molecule has 0 unspecified atom stereocenters. The lowest BCUT2D eigenvalue weighted by Gasteiger charge is -2.20. The Morgan fingerprint density at radius 1 is 1.42 bits per heavy atom. The van der Waals surface area contributed by atoms with Gasteiger partial charge >= 0.3 is 0 Å². The summed E-state index contributed by atoms with van der Waals surface area (Å²) in [6.07, 6.45) is 5.99. The van der Waals surface area contributed by atoms with E-state index in [-0.39, 0.29) is 11.3 Å². The maximum Gasteiger partial charge on any atom is 0.225 e. The van der Waals surface area contributed by atoms with Gasteiger partial charge in [0.05, 0.1) is 0 Å². The second-order valence-electron chi connectivity index (χ2n) is 3.55. The van der Waals surface area contributed by atoms with Crippen molar-refractivity contribution in [3.8, 4) is 0 Å². The number of hydrogen-bond acceptors (Lipinski definition) is 1. The van der Waals surface area contributed by atoms with E-state index >= 15 is 0 Å². The van der Waals surface area contributed by atoms with Crippen LogP contribution in [0.25, 0.3) is 0 Å². The number of hydrogen-bond donors (Lipinski definition) is 1. The van der Waals surface area contributed by atoms with E-state index in [4.69, 9.17) is 0 Å². The van der Waals surface area contributed by atoms with Crippen LogP contribution >= 0.6 is 0 Å². The van der Waals surface area contributed by atoms with Crippen LogP contribution in [-0.4, -0.2) is 13.0 Å². The average molecular weight is 169 g/mol. The second kappa shape index (κ2) is 4.96. The average Bonchev–Trinajstić information content (AvgIpc) is 2.03. The van der Waals surface area contributed by atoms with Gasteiger partial charge in [-0.25, -0.2) is 0 Å². The van der Waals surface area contributed by atoms with Crippen LogP contribution in [0.5, 0.6) is 0 Å². The summed E-state index contributed by atoms with van der Waals surface area (Å²) in [5.74, 6) is 0.100. The molecule has 2 heteroatoms. The van der Waals surface area contributed by atoms with Crippen molar-refractivity contribution in [1.82, 2.24) is 5.32 Å². The molecular formula is C10H19NO. The van der Waals surface area contributed by atoms with Gasteiger partial charge in [-0.3, -0.25) is 4.79 Å². The van der Waals surface area contributed by atoms with Crippen molar-refractivity contribution in [1.29, 1.82) is 0 Å². The minimum atomic E-state index is -0.277. The van der Waals surface area contributed by atoms with E-state index in [2.05, 4.69) is 24.4 Å². The zero-order valence-corrected chi connectivity index (χ0v) is 8.48. The molecule has 12 heavy (non-hydrogen) atoms. The Kier molecular flexibility index (Phi) is 4.64. The standard InChI is InChI=1S/C10H19NO/c1-5-6-7-8-10(2,3)9(12)11-4/h6-7H,5,8H2,1-4H3,(H,11,12)/b7-6-. The van der Waals surface area contributed by atoms with Gasteiger partial charge in [-0.2, -0.15) is 0 Å². The first kappa shape index (κ1) is 11.2. The van der Waals surface area contributed by atoms with E-state index in [0.717, 1.165) is 12.8 Å². The Hall–Kier alpha value is -0.790. The highest BCUT2D eigenvalue weighted by Gasteiger charge is 2.24. The third-order valence-corrected chi connectivity index (χ3v) is 1.87. The Morgan fingerprint density at radius 2 is 2.00 bits per heavy atom. The van der Waals surface area contributed by atoms with Crippen molar-refractivity contribution in [2.45, 2.75) is 33.6 Å². The number of allylic oxidation sites excluding steroid dienone is 2. The quantitative estimate of drug-likeness (QED) is 0.642. The molecule has 0 atom stereocenters. The summed E-state index contributed by atoms with van der Waals surface area (Å²) in [5.41, 5.74) is -0.277. The van der Waals surface area contributed by atoms with Gasteiger partial charge in [-0.15, -0.1) is 0 Å². The lowest BCUT2D eigenvalue weighted by molar-refractivity contribution is -0.128. The number of nitrogens with one attached hydrogen (secondary N) is 1. The minimum absolute atomic E-state index is 0.100. The fraction of sp³-hybridized carbons (Fsp3) is 0.700. The molecule has 1 N–H and O–H groups in total. The van der Waals surface area contributed by atoms with E-state index in [0.29, 0.717) is 0 Å². The van der Waals surface area contributed by atoms with E-state index in [1.54, 1.807) is 7.05 Å². The van der Waals surface area contributed by atoms with E-state index in [9.17, 15) is 4.79 Å². The molecular weight excluding hydrogens is 150 g/mol. The Bertz CT molecular complexity index is 171. The smallest absolute Gasteiger partial charge is 0.225 e. The molecule has 0 heterocycles. The molecule has 0 aliphatic carbocycles. The molecule has 1 amide bonds. The first-order chi connectivity index (χ1) is 5.54. The molecule has 0 aromatic carbocycles. The van der Waals surface area contributed by atoms with Gasteiger partial charge in [-0.05, 0) is 12.8 Å². The highest BCUT2D eigenvalue weighted by atomic mass is 16.2. The summed E-state index contributed by atoms with van der Waals surface area (Å²) in [5, 5.41) is 2.66. The van der Waals surface area contributed by atoms with Crippen molar-refractivity contribution in [2.24, 2.45) is 5.41 Å². The van der Waals surface area contributed by atoms with Crippen molar-refractivity contribution >= 4 is 5.91 Å². The predicted molar refractivity (Wildman–Crippen MR) is 51.9 cm³/mol. The maximum atomic E-state index is 11.3. The molecule has 0 radical (unpaired) electrons. The van der Waals surface area contributed by atoms with E-state index in [1.807, 2.05) is 13.8 Å². The molecule has 0 aromatic rings. The molecule has 0 aliphatic heterocycles. The van der Waals surface area contributed by atoms with Crippen molar-refractivity contribution < 1.29 is 4.79 Å². The van der Waals surface area contributed by atoms with Crippen LogP contribution in [0.1, 0.15) is 33.6 Å². The Morgan fingerprint density at radius 3 is 2.42 bits per heavy atom. The molecule has 0 bridgehead atoms. The normalized spacial score (nSPS) is 12.0. The lowest BCUT2D eigenvalue weighted by Crippen LogP contribution is -2.33. The molecule has 0 aromatic heterocycles. The van der Waals surface area contributed by atoms with E-state index in [1.165, 1.54) is 0 Å². The van der Waals surface area contributed by atoms with Gasteiger partial charge in [-0.1, -0.05) is 32.9 Å². The lowest BCUT2D eigenvalue weighted by atomic mass is 9.88. The molecule has 70 valence electrons. The first-order valence-corrected chi connectivity index (χ1v) is 4.41. The Balaban J connectivity index is 4.03. The molecule has 0 spiro atoms. The van der Waals surface area contributed by atoms with Crippen LogP contribution in [0.4, 0.5) is 0 Å². The fourth-order valence-corrected chi connectivity index (χ4v) is 0.976. The summed E-state index contributed by atoms with van der Waals surface area (Å²) >= 11 is 0. The fourth-order valence-electron chi connectivity index (χ4n) is 0.976. The molecule has 0 rings (SSSR count). The van der Waals surface area contributed by atoms with Crippen LogP contribution in [0.15, 0.2) is 12.2 Å². The van der Waals surface area contributed by atoms with Gasteiger partial charge in [0, 0.05) is 12.5 Å². The minimum Gasteiger partial charge on any atom is -0.359 e. The number of carbonyl (C=O) groups is 1. The highest BCUT2D eigenvalue weighted by Crippen LogP contribution is 2.20. The third-order valence-electron chi connectivity index (χ3n) is 1.87. The zero-order valence-electron chi connectivity index (χ0n) is 8.48. The van der Waals surface area contributed by atoms with Crippen LogP contribution in [0.3, 0.4) is 0 Å². The topological polar surface area (TPSA) is 29.1 Å². The SMILES string of the molecule is CC/C=C\CC(C)(C)C(=O)NC.